The van der Waals surface area contributed by atoms with Gasteiger partial charge in [-0.15, -0.1) is 0 Å². The van der Waals surface area contributed by atoms with Gasteiger partial charge in [-0.2, -0.15) is 0 Å². The van der Waals surface area contributed by atoms with Crippen LogP contribution in [0.5, 0.6) is 11.6 Å². The molecule has 1 amide bonds. The van der Waals surface area contributed by atoms with Gasteiger partial charge in [0.15, 0.2) is 0 Å². The number of carbonyl (C=O) groups excluding carboxylic acids is 1. The van der Waals surface area contributed by atoms with Crippen LogP contribution in [0.1, 0.15) is 12.5 Å². The van der Waals surface area contributed by atoms with Crippen LogP contribution < -0.4 is 10.1 Å². The highest BCUT2D eigenvalue weighted by Gasteiger charge is 2.25. The molecule has 2 heterocycles. The Balaban J connectivity index is 1.50. The number of likely N-dealkylation sites (N-methyl/N-ethyl adjacent to an activating group) is 1. The second kappa shape index (κ2) is 8.73. The molecule has 7 heteroatoms. The molecule has 0 spiro atoms. The summed E-state index contributed by atoms with van der Waals surface area (Å²) in [7, 11) is 0. The number of rotatable bonds is 6. The molecular formula is C19H22FN3O3. The van der Waals surface area contributed by atoms with Gasteiger partial charge in [0, 0.05) is 38.0 Å². The molecule has 2 aromatic rings. The number of halogens is 1. The normalized spacial score (nSPS) is 17.7. The standard InChI is InChI=1S/C19H22FN3O3/c1-2-23-8-9-25-17(13-23)19(24)22-12-14-6-7-18(21-11-14)26-16-5-3-4-15(20)10-16/h3-7,10-11,17H,2,8-9,12-13H2,1H3,(H,22,24). The average Bonchev–Trinajstić information content (AvgIpc) is 2.67. The molecule has 0 aliphatic carbocycles. The third-order valence-corrected chi connectivity index (χ3v) is 4.17. The predicted octanol–water partition coefficient (Wildman–Crippen LogP) is 2.35. The van der Waals surface area contributed by atoms with Gasteiger partial charge in [-0.1, -0.05) is 19.1 Å². The molecule has 1 aliphatic rings. The SMILES string of the molecule is CCN1CCOC(C(=O)NCc2ccc(Oc3cccc(F)c3)nc2)C1. The van der Waals surface area contributed by atoms with E-state index in [-0.39, 0.29) is 11.7 Å². The molecular weight excluding hydrogens is 337 g/mol. The maximum Gasteiger partial charge on any atom is 0.250 e. The van der Waals surface area contributed by atoms with Gasteiger partial charge in [0.05, 0.1) is 6.61 Å². The fourth-order valence-electron chi connectivity index (χ4n) is 2.68. The third kappa shape index (κ3) is 5.00. The summed E-state index contributed by atoms with van der Waals surface area (Å²) in [5, 5.41) is 2.87. The summed E-state index contributed by atoms with van der Waals surface area (Å²) in [6.45, 7) is 5.37. The van der Waals surface area contributed by atoms with Gasteiger partial charge in [0.1, 0.15) is 17.7 Å². The fraction of sp³-hybridized carbons (Fsp3) is 0.368. The minimum absolute atomic E-state index is 0.122. The quantitative estimate of drug-likeness (QED) is 0.858. The van der Waals surface area contributed by atoms with Crippen molar-refractivity contribution in [2.24, 2.45) is 0 Å². The van der Waals surface area contributed by atoms with Crippen molar-refractivity contribution in [3.8, 4) is 11.6 Å². The average molecular weight is 359 g/mol. The number of benzene rings is 1. The number of amides is 1. The van der Waals surface area contributed by atoms with Gasteiger partial charge < -0.3 is 14.8 Å². The Kier molecular flexibility index (Phi) is 6.14. The summed E-state index contributed by atoms with van der Waals surface area (Å²) >= 11 is 0. The van der Waals surface area contributed by atoms with Crippen molar-refractivity contribution in [1.29, 1.82) is 0 Å². The first-order chi connectivity index (χ1) is 12.6. The van der Waals surface area contributed by atoms with Gasteiger partial charge in [-0.25, -0.2) is 9.37 Å². The van der Waals surface area contributed by atoms with Gasteiger partial charge in [0.25, 0.3) is 5.91 Å². The van der Waals surface area contributed by atoms with E-state index in [1.807, 2.05) is 6.07 Å². The Morgan fingerprint density at radius 3 is 3.04 bits per heavy atom. The summed E-state index contributed by atoms with van der Waals surface area (Å²) < 4.78 is 24.2. The molecule has 26 heavy (non-hydrogen) atoms. The number of ether oxygens (including phenoxy) is 2. The Morgan fingerprint density at radius 2 is 2.31 bits per heavy atom. The monoisotopic (exact) mass is 359 g/mol. The molecule has 1 fully saturated rings. The Morgan fingerprint density at radius 1 is 1.42 bits per heavy atom. The highest BCUT2D eigenvalue weighted by atomic mass is 19.1. The summed E-state index contributed by atoms with van der Waals surface area (Å²) in [6.07, 6.45) is 1.18. The molecule has 1 saturated heterocycles. The Hall–Kier alpha value is -2.51. The van der Waals surface area contributed by atoms with Crippen LogP contribution in [-0.2, 0) is 16.1 Å². The molecule has 1 aromatic heterocycles. The molecule has 6 nitrogen and oxygen atoms in total. The largest absolute Gasteiger partial charge is 0.439 e. The molecule has 0 bridgehead atoms. The van der Waals surface area contributed by atoms with Crippen molar-refractivity contribution >= 4 is 5.91 Å². The van der Waals surface area contributed by atoms with E-state index in [0.29, 0.717) is 31.3 Å². The van der Waals surface area contributed by atoms with Gasteiger partial charge in [0.2, 0.25) is 5.88 Å². The zero-order chi connectivity index (χ0) is 18.4. The molecule has 1 aromatic carbocycles. The molecule has 0 radical (unpaired) electrons. The molecule has 1 atom stereocenters. The number of nitrogens with one attached hydrogen (secondary N) is 1. The summed E-state index contributed by atoms with van der Waals surface area (Å²) in [5.74, 6) is 0.255. The molecule has 1 aliphatic heterocycles. The summed E-state index contributed by atoms with van der Waals surface area (Å²) in [6, 6.07) is 9.36. The predicted molar refractivity (Wildman–Crippen MR) is 94.4 cm³/mol. The van der Waals surface area contributed by atoms with E-state index in [2.05, 4.69) is 22.1 Å². The fourth-order valence-corrected chi connectivity index (χ4v) is 2.68. The second-order valence-corrected chi connectivity index (χ2v) is 6.03. The first kappa shape index (κ1) is 18.3. The summed E-state index contributed by atoms with van der Waals surface area (Å²) in [4.78, 5) is 18.6. The van der Waals surface area contributed by atoms with Crippen molar-refractivity contribution in [2.75, 3.05) is 26.2 Å². The van der Waals surface area contributed by atoms with Crippen molar-refractivity contribution in [3.63, 3.8) is 0 Å². The number of carbonyl (C=O) groups is 1. The van der Waals surface area contributed by atoms with Crippen LogP contribution in [0, 0.1) is 5.82 Å². The van der Waals surface area contributed by atoms with E-state index in [4.69, 9.17) is 9.47 Å². The molecule has 3 rings (SSSR count). The van der Waals surface area contributed by atoms with E-state index in [0.717, 1.165) is 18.7 Å². The molecule has 1 N–H and O–H groups in total. The van der Waals surface area contributed by atoms with Crippen LogP contribution in [0.3, 0.4) is 0 Å². The van der Waals surface area contributed by atoms with E-state index < -0.39 is 6.10 Å². The number of nitrogens with zero attached hydrogens (tertiary/aromatic N) is 2. The lowest BCUT2D eigenvalue weighted by atomic mass is 10.2. The molecule has 1 unspecified atom stereocenters. The van der Waals surface area contributed by atoms with Crippen molar-refractivity contribution in [2.45, 2.75) is 19.6 Å². The lowest BCUT2D eigenvalue weighted by molar-refractivity contribution is -0.138. The van der Waals surface area contributed by atoms with E-state index in [1.165, 1.54) is 12.1 Å². The van der Waals surface area contributed by atoms with Crippen LogP contribution in [0.2, 0.25) is 0 Å². The third-order valence-electron chi connectivity index (χ3n) is 4.17. The van der Waals surface area contributed by atoms with Crippen LogP contribution >= 0.6 is 0 Å². The second-order valence-electron chi connectivity index (χ2n) is 6.03. The minimum atomic E-state index is -0.438. The van der Waals surface area contributed by atoms with E-state index >= 15 is 0 Å². The molecule has 0 saturated carbocycles. The lowest BCUT2D eigenvalue weighted by Crippen LogP contribution is -2.49. The highest BCUT2D eigenvalue weighted by molar-refractivity contribution is 5.81. The van der Waals surface area contributed by atoms with E-state index in [1.54, 1.807) is 24.4 Å². The highest BCUT2D eigenvalue weighted by Crippen LogP contribution is 2.20. The van der Waals surface area contributed by atoms with Crippen molar-refractivity contribution < 1.29 is 18.7 Å². The van der Waals surface area contributed by atoms with Crippen LogP contribution in [0.15, 0.2) is 42.6 Å². The van der Waals surface area contributed by atoms with Crippen LogP contribution in [0.4, 0.5) is 4.39 Å². The van der Waals surface area contributed by atoms with Crippen molar-refractivity contribution in [3.05, 3.63) is 54.0 Å². The van der Waals surface area contributed by atoms with Crippen LogP contribution in [-0.4, -0.2) is 48.1 Å². The number of morpholine rings is 1. The van der Waals surface area contributed by atoms with Gasteiger partial charge in [-0.3, -0.25) is 9.69 Å². The van der Waals surface area contributed by atoms with Crippen LogP contribution in [0.25, 0.3) is 0 Å². The molecule has 138 valence electrons. The number of hydrogen-bond donors (Lipinski definition) is 1. The summed E-state index contributed by atoms with van der Waals surface area (Å²) in [5.41, 5.74) is 0.841. The Labute approximate surface area is 151 Å². The first-order valence-electron chi connectivity index (χ1n) is 8.64. The number of hydrogen-bond acceptors (Lipinski definition) is 5. The van der Waals surface area contributed by atoms with E-state index in [9.17, 15) is 9.18 Å². The Bertz CT molecular complexity index is 739. The van der Waals surface area contributed by atoms with Gasteiger partial charge in [-0.05, 0) is 24.2 Å². The topological polar surface area (TPSA) is 63.7 Å². The van der Waals surface area contributed by atoms with Gasteiger partial charge >= 0.3 is 0 Å². The first-order valence-corrected chi connectivity index (χ1v) is 8.64. The zero-order valence-electron chi connectivity index (χ0n) is 14.7. The maximum atomic E-state index is 13.2. The number of pyridine rings is 1. The smallest absolute Gasteiger partial charge is 0.250 e. The maximum absolute atomic E-state index is 13.2. The lowest BCUT2D eigenvalue weighted by Gasteiger charge is -2.31. The van der Waals surface area contributed by atoms with Crippen molar-refractivity contribution in [1.82, 2.24) is 15.2 Å². The number of aromatic nitrogens is 1. The zero-order valence-corrected chi connectivity index (χ0v) is 14.7. The minimum Gasteiger partial charge on any atom is -0.439 e.